The highest BCUT2D eigenvalue weighted by Crippen LogP contribution is 2.22. The Kier molecular flexibility index (Phi) is 4.24. The van der Waals surface area contributed by atoms with Gasteiger partial charge in [-0.1, -0.05) is 11.6 Å². The van der Waals surface area contributed by atoms with E-state index in [0.717, 1.165) is 5.69 Å². The fraction of sp³-hybridized carbons (Fsp3) is 0.300. The summed E-state index contributed by atoms with van der Waals surface area (Å²) in [6.07, 6.45) is 0.660. The van der Waals surface area contributed by atoms with Crippen LogP contribution < -0.4 is 5.32 Å². The van der Waals surface area contributed by atoms with E-state index in [1.165, 1.54) is 0 Å². The summed E-state index contributed by atoms with van der Waals surface area (Å²) in [4.78, 5) is 0. The number of halogens is 1. The molecular formula is C10H11ClN2O. The van der Waals surface area contributed by atoms with Crippen molar-refractivity contribution in [2.75, 3.05) is 18.5 Å². The molecule has 0 amide bonds. The molecule has 0 bridgehead atoms. The average molecular weight is 211 g/mol. The van der Waals surface area contributed by atoms with Gasteiger partial charge in [-0.25, -0.2) is 0 Å². The van der Waals surface area contributed by atoms with Gasteiger partial charge in [0.05, 0.1) is 22.3 Å². The third-order valence-corrected chi connectivity index (χ3v) is 2.08. The summed E-state index contributed by atoms with van der Waals surface area (Å²) in [7, 11) is 0. The molecule has 14 heavy (non-hydrogen) atoms. The van der Waals surface area contributed by atoms with Crippen molar-refractivity contribution in [3.05, 3.63) is 28.8 Å². The molecule has 0 unspecified atom stereocenters. The van der Waals surface area contributed by atoms with Crippen molar-refractivity contribution in [1.29, 1.82) is 5.26 Å². The van der Waals surface area contributed by atoms with Gasteiger partial charge in [0.15, 0.2) is 0 Å². The molecule has 0 fully saturated rings. The van der Waals surface area contributed by atoms with Crippen LogP contribution in [0.1, 0.15) is 12.0 Å². The molecule has 0 aliphatic rings. The summed E-state index contributed by atoms with van der Waals surface area (Å²) in [5.74, 6) is 0. The van der Waals surface area contributed by atoms with E-state index < -0.39 is 0 Å². The predicted molar refractivity (Wildman–Crippen MR) is 56.4 cm³/mol. The zero-order valence-electron chi connectivity index (χ0n) is 7.63. The van der Waals surface area contributed by atoms with Gasteiger partial charge in [-0.2, -0.15) is 5.26 Å². The van der Waals surface area contributed by atoms with Crippen LogP contribution in [0.25, 0.3) is 0 Å². The van der Waals surface area contributed by atoms with E-state index in [2.05, 4.69) is 5.32 Å². The van der Waals surface area contributed by atoms with E-state index in [-0.39, 0.29) is 6.61 Å². The summed E-state index contributed by atoms with van der Waals surface area (Å²) >= 11 is 5.90. The monoisotopic (exact) mass is 210 g/mol. The first-order valence-corrected chi connectivity index (χ1v) is 4.70. The molecule has 1 rings (SSSR count). The second kappa shape index (κ2) is 5.48. The van der Waals surface area contributed by atoms with E-state index >= 15 is 0 Å². The van der Waals surface area contributed by atoms with Gasteiger partial charge in [-0.15, -0.1) is 0 Å². The molecule has 4 heteroatoms. The Morgan fingerprint density at radius 1 is 1.50 bits per heavy atom. The van der Waals surface area contributed by atoms with Crippen molar-refractivity contribution >= 4 is 17.3 Å². The predicted octanol–water partition coefficient (Wildman–Crippen LogP) is 2.01. The summed E-state index contributed by atoms with van der Waals surface area (Å²) in [6.45, 7) is 0.785. The number of aliphatic hydroxyl groups excluding tert-OH is 1. The van der Waals surface area contributed by atoms with Gasteiger partial charge < -0.3 is 10.4 Å². The maximum absolute atomic E-state index is 8.66. The van der Waals surface area contributed by atoms with Crippen LogP contribution in [-0.4, -0.2) is 18.3 Å². The van der Waals surface area contributed by atoms with Crippen LogP contribution in [0.2, 0.25) is 5.02 Å². The lowest BCUT2D eigenvalue weighted by Crippen LogP contribution is -2.03. The lowest BCUT2D eigenvalue weighted by atomic mass is 10.2. The van der Waals surface area contributed by atoms with Crippen molar-refractivity contribution in [1.82, 2.24) is 0 Å². The highest BCUT2D eigenvalue weighted by molar-refractivity contribution is 6.33. The van der Waals surface area contributed by atoms with E-state index in [4.69, 9.17) is 22.0 Å². The van der Waals surface area contributed by atoms with Gasteiger partial charge in [0.25, 0.3) is 0 Å². The first-order valence-electron chi connectivity index (χ1n) is 4.32. The molecule has 1 aromatic rings. The van der Waals surface area contributed by atoms with E-state index in [1.54, 1.807) is 18.2 Å². The Labute approximate surface area is 87.9 Å². The minimum atomic E-state index is 0.141. The fourth-order valence-electron chi connectivity index (χ4n) is 1.03. The molecule has 0 aliphatic carbocycles. The number of rotatable bonds is 4. The number of nitriles is 1. The molecule has 1 aromatic carbocycles. The molecule has 0 saturated heterocycles. The Hall–Kier alpha value is -1.24. The first kappa shape index (κ1) is 10.8. The molecule has 0 spiro atoms. The van der Waals surface area contributed by atoms with Crippen molar-refractivity contribution < 1.29 is 5.11 Å². The number of hydrogen-bond acceptors (Lipinski definition) is 3. The zero-order chi connectivity index (χ0) is 10.4. The third kappa shape index (κ3) is 2.91. The van der Waals surface area contributed by atoms with Crippen molar-refractivity contribution in [2.45, 2.75) is 6.42 Å². The molecule has 0 aromatic heterocycles. The third-order valence-electron chi connectivity index (χ3n) is 1.75. The Morgan fingerprint density at radius 3 is 2.93 bits per heavy atom. The van der Waals surface area contributed by atoms with Crippen LogP contribution in [0.3, 0.4) is 0 Å². The van der Waals surface area contributed by atoms with Gasteiger partial charge in [-0.05, 0) is 24.6 Å². The topological polar surface area (TPSA) is 56.0 Å². The van der Waals surface area contributed by atoms with Gasteiger partial charge >= 0.3 is 0 Å². The second-order valence-electron chi connectivity index (χ2n) is 2.81. The lowest BCUT2D eigenvalue weighted by molar-refractivity contribution is 0.292. The highest BCUT2D eigenvalue weighted by Gasteiger charge is 2.00. The van der Waals surface area contributed by atoms with Crippen LogP contribution in [0.4, 0.5) is 5.69 Å². The lowest BCUT2D eigenvalue weighted by Gasteiger charge is -2.07. The minimum absolute atomic E-state index is 0.141. The molecule has 0 saturated carbocycles. The number of aliphatic hydroxyl groups is 1. The average Bonchev–Trinajstić information content (AvgIpc) is 2.21. The fourth-order valence-corrected chi connectivity index (χ4v) is 1.22. The standard InChI is InChI=1S/C10H11ClN2O/c11-9-3-2-8(7-12)6-10(9)13-4-1-5-14/h2-3,6,13-14H,1,4-5H2. The van der Waals surface area contributed by atoms with Crippen LogP contribution in [-0.2, 0) is 0 Å². The quantitative estimate of drug-likeness (QED) is 0.748. The van der Waals surface area contributed by atoms with Crippen molar-refractivity contribution in [2.24, 2.45) is 0 Å². The number of hydrogen-bond donors (Lipinski definition) is 2. The van der Waals surface area contributed by atoms with E-state index in [0.29, 0.717) is 23.6 Å². The number of benzene rings is 1. The van der Waals surface area contributed by atoms with Gasteiger partial charge in [-0.3, -0.25) is 0 Å². The SMILES string of the molecule is N#Cc1ccc(Cl)c(NCCCO)c1. The number of nitrogens with zero attached hydrogens (tertiary/aromatic N) is 1. The van der Waals surface area contributed by atoms with Gasteiger partial charge in [0.1, 0.15) is 0 Å². The van der Waals surface area contributed by atoms with Crippen molar-refractivity contribution in [3.8, 4) is 6.07 Å². The molecule has 3 nitrogen and oxygen atoms in total. The number of anilines is 1. The van der Waals surface area contributed by atoms with E-state index in [1.807, 2.05) is 6.07 Å². The van der Waals surface area contributed by atoms with E-state index in [9.17, 15) is 0 Å². The molecule has 0 heterocycles. The van der Waals surface area contributed by atoms with Crippen molar-refractivity contribution in [3.63, 3.8) is 0 Å². The van der Waals surface area contributed by atoms with Gasteiger partial charge in [0.2, 0.25) is 0 Å². The molecule has 0 radical (unpaired) electrons. The Morgan fingerprint density at radius 2 is 2.29 bits per heavy atom. The summed E-state index contributed by atoms with van der Waals surface area (Å²) in [5, 5.41) is 20.9. The molecular weight excluding hydrogens is 200 g/mol. The maximum atomic E-state index is 8.66. The normalized spacial score (nSPS) is 9.50. The Bertz CT molecular complexity index is 346. The van der Waals surface area contributed by atoms with Crippen LogP contribution in [0.15, 0.2) is 18.2 Å². The maximum Gasteiger partial charge on any atom is 0.0992 e. The number of nitrogens with one attached hydrogen (secondary N) is 1. The van der Waals surface area contributed by atoms with Crippen LogP contribution in [0, 0.1) is 11.3 Å². The summed E-state index contributed by atoms with van der Waals surface area (Å²) in [6, 6.07) is 7.08. The van der Waals surface area contributed by atoms with Crippen LogP contribution >= 0.6 is 11.6 Å². The zero-order valence-corrected chi connectivity index (χ0v) is 8.38. The molecule has 0 aliphatic heterocycles. The van der Waals surface area contributed by atoms with Crippen LogP contribution in [0.5, 0.6) is 0 Å². The smallest absolute Gasteiger partial charge is 0.0992 e. The largest absolute Gasteiger partial charge is 0.396 e. The molecule has 0 atom stereocenters. The summed E-state index contributed by atoms with van der Waals surface area (Å²) < 4.78 is 0. The second-order valence-corrected chi connectivity index (χ2v) is 3.22. The Balaban J connectivity index is 2.70. The van der Waals surface area contributed by atoms with Gasteiger partial charge in [0, 0.05) is 13.2 Å². The summed E-state index contributed by atoms with van der Waals surface area (Å²) in [5.41, 5.74) is 1.31. The minimum Gasteiger partial charge on any atom is -0.396 e. The first-order chi connectivity index (χ1) is 6.77. The molecule has 74 valence electrons. The molecule has 2 N–H and O–H groups in total. The highest BCUT2D eigenvalue weighted by atomic mass is 35.5.